The Morgan fingerprint density at radius 2 is 1.83 bits per heavy atom. The number of hydrogen-bond donors (Lipinski definition) is 1. The highest BCUT2D eigenvalue weighted by Crippen LogP contribution is 2.36. The molecule has 0 amide bonds. The molecule has 3 nitrogen and oxygen atoms in total. The molecule has 0 bridgehead atoms. The molecule has 9 heteroatoms. The van der Waals surface area contributed by atoms with Crippen LogP contribution in [0.1, 0.15) is 5.82 Å². The zero-order chi connectivity index (χ0) is 13.6. The number of ether oxygens (including phenoxy) is 1. The molecule has 1 N–H and O–H groups in total. The number of hydrogen-bond acceptors (Lipinski definition) is 2. The molecule has 18 heavy (non-hydrogen) atoms. The van der Waals surface area contributed by atoms with Crippen LogP contribution in [0.5, 0.6) is 5.75 Å². The van der Waals surface area contributed by atoms with Crippen LogP contribution in [0.4, 0.5) is 22.0 Å². The Hall–Kier alpha value is -1.38. The van der Waals surface area contributed by atoms with Crippen molar-refractivity contribution in [3.05, 3.63) is 24.0 Å². The molecule has 0 spiro atoms. The van der Waals surface area contributed by atoms with Gasteiger partial charge in [0.1, 0.15) is 5.52 Å². The van der Waals surface area contributed by atoms with Gasteiger partial charge in [0.2, 0.25) is 0 Å². The van der Waals surface area contributed by atoms with Gasteiger partial charge in [0.25, 0.3) is 0 Å². The van der Waals surface area contributed by atoms with Crippen LogP contribution >= 0.6 is 15.9 Å². The van der Waals surface area contributed by atoms with Gasteiger partial charge >= 0.3 is 11.2 Å². The topological polar surface area (TPSA) is 37.9 Å². The Bertz CT molecular complexity index is 574. The summed E-state index contributed by atoms with van der Waals surface area (Å²) in [7, 11) is 0. The van der Waals surface area contributed by atoms with Crippen molar-refractivity contribution >= 4 is 27.0 Å². The van der Waals surface area contributed by atoms with E-state index in [0.29, 0.717) is 0 Å². The van der Waals surface area contributed by atoms with E-state index in [1.165, 1.54) is 12.1 Å². The zero-order valence-electron chi connectivity index (χ0n) is 8.36. The highest BCUT2D eigenvalue weighted by molar-refractivity contribution is 9.09. The first kappa shape index (κ1) is 13.1. The number of imidazole rings is 1. The van der Waals surface area contributed by atoms with Crippen molar-refractivity contribution in [2.75, 3.05) is 0 Å². The van der Waals surface area contributed by atoms with Crippen LogP contribution < -0.4 is 4.74 Å². The lowest BCUT2D eigenvalue weighted by Crippen LogP contribution is -2.17. The summed E-state index contributed by atoms with van der Waals surface area (Å²) in [4.78, 5) is 2.14. The molecule has 1 aromatic carbocycles. The van der Waals surface area contributed by atoms with E-state index in [2.05, 4.69) is 30.6 Å². The number of halogens is 6. The summed E-state index contributed by atoms with van der Waals surface area (Å²) >= 11 is 2.06. The fourth-order valence-corrected chi connectivity index (χ4v) is 1.53. The summed E-state index contributed by atoms with van der Waals surface area (Å²) in [6.45, 7) is 0. The first-order chi connectivity index (χ1) is 8.17. The van der Waals surface area contributed by atoms with E-state index < -0.39 is 22.8 Å². The molecule has 0 unspecified atom stereocenters. The maximum atomic E-state index is 12.9. The second-order valence-corrected chi connectivity index (χ2v) is 4.28. The number of nitrogens with zero attached hydrogens (tertiary/aromatic N) is 1. The molecular weight excluding hydrogens is 327 g/mol. The van der Waals surface area contributed by atoms with Gasteiger partial charge in [-0.25, -0.2) is 4.98 Å². The third kappa shape index (κ3) is 2.71. The lowest BCUT2D eigenvalue weighted by molar-refractivity contribution is -0.274. The van der Waals surface area contributed by atoms with Crippen LogP contribution in [-0.2, 0) is 4.83 Å². The maximum Gasteiger partial charge on any atom is 0.573 e. The van der Waals surface area contributed by atoms with Gasteiger partial charge in [-0.05, 0) is 28.1 Å². The molecule has 0 saturated heterocycles. The summed E-state index contributed by atoms with van der Waals surface area (Å²) in [6, 6.07) is 3.54. The molecule has 2 rings (SSSR count). The Balaban J connectivity index is 2.53. The van der Waals surface area contributed by atoms with Gasteiger partial charge in [0.15, 0.2) is 11.6 Å². The molecule has 0 fully saturated rings. The van der Waals surface area contributed by atoms with Crippen molar-refractivity contribution in [2.45, 2.75) is 11.2 Å². The minimum atomic E-state index is -4.91. The third-order valence-electron chi connectivity index (χ3n) is 1.97. The quantitative estimate of drug-likeness (QED) is 0.669. The fraction of sp³-hybridized carbons (Fsp3) is 0.222. The molecule has 0 aliphatic heterocycles. The highest BCUT2D eigenvalue weighted by atomic mass is 79.9. The Labute approximate surface area is 105 Å². The number of nitrogens with one attached hydrogen (secondary N) is 1. The lowest BCUT2D eigenvalue weighted by Gasteiger charge is -2.08. The van der Waals surface area contributed by atoms with Crippen LogP contribution in [-0.4, -0.2) is 16.3 Å². The largest absolute Gasteiger partial charge is 0.573 e. The predicted octanol–water partition coefficient (Wildman–Crippen LogP) is 3.91. The number of aromatic nitrogens is 2. The molecule has 0 atom stereocenters. The van der Waals surface area contributed by atoms with Gasteiger partial charge in [-0.1, -0.05) is 6.07 Å². The summed E-state index contributed by atoms with van der Waals surface area (Å²) in [5, 5.41) is 0. The number of H-pyrrole nitrogens is 1. The lowest BCUT2D eigenvalue weighted by atomic mass is 10.3. The van der Waals surface area contributed by atoms with Crippen LogP contribution in [0.3, 0.4) is 0 Å². The number of benzene rings is 1. The predicted molar refractivity (Wildman–Crippen MR) is 55.6 cm³/mol. The number of alkyl halides is 6. The normalized spacial score (nSPS) is 13.0. The monoisotopic (exact) mass is 330 g/mol. The first-order valence-corrected chi connectivity index (χ1v) is 5.28. The van der Waals surface area contributed by atoms with Crippen molar-refractivity contribution < 1.29 is 26.7 Å². The van der Waals surface area contributed by atoms with Crippen molar-refractivity contribution in [2.24, 2.45) is 0 Å². The second kappa shape index (κ2) is 4.08. The van der Waals surface area contributed by atoms with Crippen LogP contribution in [0, 0.1) is 0 Å². The first-order valence-electron chi connectivity index (χ1n) is 4.48. The zero-order valence-corrected chi connectivity index (χ0v) is 9.94. The standard InChI is InChI=1S/C9H4BrF5N2O/c10-8(11,12)7-16-4-2-1-3-5(6(4)17-7)18-9(13,14)15/h1-3H,(H,16,17). The molecule has 0 saturated carbocycles. The highest BCUT2D eigenvalue weighted by Gasteiger charge is 2.34. The van der Waals surface area contributed by atoms with E-state index in [1.807, 2.05) is 0 Å². The van der Waals surface area contributed by atoms with Crippen LogP contribution in [0.25, 0.3) is 11.0 Å². The van der Waals surface area contributed by atoms with E-state index in [1.54, 1.807) is 0 Å². The van der Waals surface area contributed by atoms with E-state index in [9.17, 15) is 22.0 Å². The van der Waals surface area contributed by atoms with Crippen molar-refractivity contribution in [1.29, 1.82) is 0 Å². The SMILES string of the molecule is FC(F)(F)Oc1cccc2[nH]c(C(F)(F)Br)nc12. The smallest absolute Gasteiger partial charge is 0.403 e. The second-order valence-electron chi connectivity index (χ2n) is 3.28. The van der Waals surface area contributed by atoms with Gasteiger partial charge in [-0.3, -0.25) is 0 Å². The minimum absolute atomic E-state index is 0.0193. The number of para-hydroxylation sites is 1. The summed E-state index contributed by atoms with van der Waals surface area (Å²) in [5.41, 5.74) is -0.296. The molecule has 98 valence electrons. The molecule has 0 radical (unpaired) electrons. The van der Waals surface area contributed by atoms with Crippen molar-refractivity contribution in [1.82, 2.24) is 9.97 Å². The van der Waals surface area contributed by atoms with E-state index >= 15 is 0 Å². The Morgan fingerprint density at radius 3 is 2.39 bits per heavy atom. The van der Waals surface area contributed by atoms with Crippen LogP contribution in [0.2, 0.25) is 0 Å². The van der Waals surface area contributed by atoms with Gasteiger partial charge in [-0.15, -0.1) is 13.2 Å². The average molecular weight is 331 g/mol. The summed E-state index contributed by atoms with van der Waals surface area (Å²) in [6.07, 6.45) is -4.91. The minimum Gasteiger partial charge on any atom is -0.403 e. The maximum absolute atomic E-state index is 12.9. The summed E-state index contributed by atoms with van der Waals surface area (Å²) < 4.78 is 65.8. The summed E-state index contributed by atoms with van der Waals surface area (Å²) in [5.74, 6) is -1.44. The Morgan fingerprint density at radius 1 is 1.17 bits per heavy atom. The molecule has 0 aliphatic rings. The molecule has 2 aromatic rings. The van der Waals surface area contributed by atoms with Crippen molar-refractivity contribution in [3.63, 3.8) is 0 Å². The van der Waals surface area contributed by atoms with Gasteiger partial charge in [0, 0.05) is 0 Å². The van der Waals surface area contributed by atoms with Crippen LogP contribution in [0.15, 0.2) is 18.2 Å². The molecule has 1 heterocycles. The molecular formula is C9H4BrF5N2O. The molecule has 0 aliphatic carbocycles. The number of aromatic amines is 1. The molecule has 1 aromatic heterocycles. The van der Waals surface area contributed by atoms with E-state index in [-0.39, 0.29) is 11.0 Å². The van der Waals surface area contributed by atoms with E-state index in [4.69, 9.17) is 0 Å². The van der Waals surface area contributed by atoms with Crippen molar-refractivity contribution in [3.8, 4) is 5.75 Å². The fourth-order valence-electron chi connectivity index (χ4n) is 1.35. The third-order valence-corrected chi connectivity index (χ3v) is 2.35. The average Bonchev–Trinajstić information content (AvgIpc) is 2.59. The van der Waals surface area contributed by atoms with Gasteiger partial charge < -0.3 is 9.72 Å². The Kier molecular flexibility index (Phi) is 2.96. The number of fused-ring (bicyclic) bond motifs is 1. The van der Waals surface area contributed by atoms with Gasteiger partial charge in [0.05, 0.1) is 5.52 Å². The van der Waals surface area contributed by atoms with E-state index in [0.717, 1.165) is 6.07 Å². The number of rotatable bonds is 2. The van der Waals surface area contributed by atoms with Gasteiger partial charge in [-0.2, -0.15) is 8.78 Å².